The smallest absolute Gasteiger partial charge is 0.317 e. The summed E-state index contributed by atoms with van der Waals surface area (Å²) in [4.78, 5) is 15.2. The maximum Gasteiger partial charge on any atom is 0.317 e. The molecule has 6 nitrogen and oxygen atoms in total. The predicted molar refractivity (Wildman–Crippen MR) is 142 cm³/mol. The highest BCUT2D eigenvalue weighted by Crippen LogP contribution is 2.40. The van der Waals surface area contributed by atoms with Gasteiger partial charge in [0.25, 0.3) is 0 Å². The van der Waals surface area contributed by atoms with Crippen molar-refractivity contribution >= 4 is 6.03 Å². The molecule has 204 valence electrons. The van der Waals surface area contributed by atoms with Crippen LogP contribution in [0.1, 0.15) is 81.8 Å². The Balaban J connectivity index is 1.70. The van der Waals surface area contributed by atoms with Gasteiger partial charge in [-0.05, 0) is 75.6 Å². The summed E-state index contributed by atoms with van der Waals surface area (Å²) >= 11 is 0. The Bertz CT molecular complexity index is 817. The molecule has 7 heteroatoms. The minimum Gasteiger partial charge on any atom is -0.385 e. The van der Waals surface area contributed by atoms with Gasteiger partial charge in [0, 0.05) is 45.3 Å². The van der Waals surface area contributed by atoms with Gasteiger partial charge in [0.05, 0.1) is 5.60 Å². The quantitative estimate of drug-likeness (QED) is 0.345. The summed E-state index contributed by atoms with van der Waals surface area (Å²) in [6, 6.07) is 5.13. The Hall–Kier alpha value is -1.70. The number of methoxy groups -OCH3 is 1. The Morgan fingerprint density at radius 3 is 2.69 bits per heavy atom. The average Bonchev–Trinajstić information content (AvgIpc) is 2.89. The SMILES string of the molecule is CNC[C@H](CC1CCCCC1)NC(=O)N1CCC[C@@H]([C@@](O)(CCCCOC)c2ccc(C)c(F)c2)C1. The van der Waals surface area contributed by atoms with Gasteiger partial charge in [0.2, 0.25) is 0 Å². The van der Waals surface area contributed by atoms with Crippen LogP contribution < -0.4 is 10.6 Å². The fourth-order valence-corrected chi connectivity index (χ4v) is 6.17. The number of carbonyl (C=O) groups is 1. The largest absolute Gasteiger partial charge is 0.385 e. The van der Waals surface area contributed by atoms with Crippen molar-refractivity contribution in [3.05, 3.63) is 35.1 Å². The van der Waals surface area contributed by atoms with Crippen LogP contribution >= 0.6 is 0 Å². The van der Waals surface area contributed by atoms with E-state index in [1.54, 1.807) is 20.1 Å². The molecule has 1 aliphatic carbocycles. The summed E-state index contributed by atoms with van der Waals surface area (Å²) in [5, 5.41) is 18.6. The molecule has 2 fully saturated rings. The van der Waals surface area contributed by atoms with Crippen LogP contribution in [0.4, 0.5) is 9.18 Å². The topological polar surface area (TPSA) is 73.8 Å². The van der Waals surface area contributed by atoms with Gasteiger partial charge in [-0.25, -0.2) is 9.18 Å². The number of amides is 2. The summed E-state index contributed by atoms with van der Waals surface area (Å²) in [6.45, 7) is 4.27. The molecule has 1 heterocycles. The Morgan fingerprint density at radius 1 is 1.22 bits per heavy atom. The molecule has 1 saturated carbocycles. The lowest BCUT2D eigenvalue weighted by molar-refractivity contribution is -0.0566. The summed E-state index contributed by atoms with van der Waals surface area (Å²) in [5.41, 5.74) is -0.00689. The number of urea groups is 1. The maximum absolute atomic E-state index is 14.5. The van der Waals surface area contributed by atoms with Crippen molar-refractivity contribution < 1.29 is 19.0 Å². The number of nitrogens with zero attached hydrogens (tertiary/aromatic N) is 1. The summed E-state index contributed by atoms with van der Waals surface area (Å²) in [7, 11) is 3.61. The average molecular weight is 506 g/mol. The molecule has 3 N–H and O–H groups in total. The Morgan fingerprint density at radius 2 is 2.00 bits per heavy atom. The first-order valence-corrected chi connectivity index (χ1v) is 14.0. The van der Waals surface area contributed by atoms with Crippen molar-refractivity contribution in [1.82, 2.24) is 15.5 Å². The molecule has 1 aliphatic heterocycles. The molecule has 0 radical (unpaired) electrons. The number of hydrogen-bond acceptors (Lipinski definition) is 4. The number of aryl methyl sites for hydroxylation is 1. The van der Waals surface area contributed by atoms with E-state index in [0.29, 0.717) is 43.2 Å². The highest BCUT2D eigenvalue weighted by molar-refractivity contribution is 5.74. The third kappa shape index (κ3) is 7.90. The van der Waals surface area contributed by atoms with Gasteiger partial charge in [-0.15, -0.1) is 0 Å². The third-order valence-electron chi connectivity index (χ3n) is 8.33. The zero-order valence-electron chi connectivity index (χ0n) is 22.7. The molecule has 1 aromatic carbocycles. The molecule has 1 aromatic rings. The number of likely N-dealkylation sites (tertiary alicyclic amines) is 1. The van der Waals surface area contributed by atoms with Crippen LogP contribution in [0.3, 0.4) is 0 Å². The van der Waals surface area contributed by atoms with E-state index in [9.17, 15) is 14.3 Å². The predicted octanol–water partition coefficient (Wildman–Crippen LogP) is 5.12. The molecule has 0 spiro atoms. The number of ether oxygens (including phenoxy) is 1. The molecule has 3 rings (SSSR count). The molecular weight excluding hydrogens is 457 g/mol. The van der Waals surface area contributed by atoms with Crippen LogP contribution in [0.25, 0.3) is 0 Å². The van der Waals surface area contributed by atoms with Gasteiger partial charge in [0.15, 0.2) is 0 Å². The molecule has 0 bridgehead atoms. The van der Waals surface area contributed by atoms with Gasteiger partial charge in [0.1, 0.15) is 5.82 Å². The highest BCUT2D eigenvalue weighted by atomic mass is 19.1. The van der Waals surface area contributed by atoms with E-state index in [0.717, 1.165) is 38.6 Å². The summed E-state index contributed by atoms with van der Waals surface area (Å²) in [5.74, 6) is 0.230. The zero-order chi connectivity index (χ0) is 26.0. The minimum atomic E-state index is -1.19. The van der Waals surface area contributed by atoms with E-state index < -0.39 is 5.60 Å². The van der Waals surface area contributed by atoms with Crippen LogP contribution in [0.5, 0.6) is 0 Å². The first-order valence-electron chi connectivity index (χ1n) is 14.0. The van der Waals surface area contributed by atoms with E-state index >= 15 is 0 Å². The fraction of sp³-hybridized carbons (Fsp3) is 0.759. The van der Waals surface area contributed by atoms with E-state index in [4.69, 9.17) is 4.74 Å². The van der Waals surface area contributed by atoms with Crippen LogP contribution in [-0.4, -0.2) is 62.5 Å². The number of hydrogen-bond donors (Lipinski definition) is 3. The van der Waals surface area contributed by atoms with Crippen LogP contribution in [0.2, 0.25) is 0 Å². The molecule has 2 amide bonds. The number of nitrogens with one attached hydrogen (secondary N) is 2. The van der Waals surface area contributed by atoms with E-state index in [2.05, 4.69) is 10.6 Å². The number of piperidine rings is 1. The second kappa shape index (κ2) is 14.3. The lowest BCUT2D eigenvalue weighted by Gasteiger charge is -2.43. The number of rotatable bonds is 12. The van der Waals surface area contributed by atoms with Crippen molar-refractivity contribution in [3.63, 3.8) is 0 Å². The Labute approximate surface area is 217 Å². The summed E-state index contributed by atoms with van der Waals surface area (Å²) in [6.07, 6.45) is 11.2. The normalized spacial score (nSPS) is 21.7. The molecule has 0 unspecified atom stereocenters. The van der Waals surface area contributed by atoms with Gasteiger partial charge in [-0.3, -0.25) is 0 Å². The van der Waals surface area contributed by atoms with Crippen molar-refractivity contribution in [1.29, 1.82) is 0 Å². The molecule has 1 saturated heterocycles. The number of benzene rings is 1. The number of carbonyl (C=O) groups excluding carboxylic acids is 1. The number of likely N-dealkylation sites (N-methyl/N-ethyl adjacent to an activating group) is 1. The van der Waals surface area contributed by atoms with Gasteiger partial charge < -0.3 is 25.4 Å². The third-order valence-corrected chi connectivity index (χ3v) is 8.33. The molecule has 3 atom stereocenters. The lowest BCUT2D eigenvalue weighted by Crippen LogP contribution is -2.54. The fourth-order valence-electron chi connectivity index (χ4n) is 6.17. The van der Waals surface area contributed by atoms with Crippen molar-refractivity contribution in [3.8, 4) is 0 Å². The molecule has 2 aliphatic rings. The van der Waals surface area contributed by atoms with Crippen LogP contribution in [0, 0.1) is 24.6 Å². The maximum atomic E-state index is 14.5. The first-order chi connectivity index (χ1) is 17.4. The van der Waals surface area contributed by atoms with E-state index in [-0.39, 0.29) is 23.8 Å². The van der Waals surface area contributed by atoms with Gasteiger partial charge >= 0.3 is 6.03 Å². The van der Waals surface area contributed by atoms with Crippen LogP contribution in [-0.2, 0) is 10.3 Å². The second-order valence-electron chi connectivity index (χ2n) is 11.1. The molecule has 0 aromatic heterocycles. The zero-order valence-corrected chi connectivity index (χ0v) is 22.7. The number of halogens is 1. The number of unbranched alkanes of at least 4 members (excludes halogenated alkanes) is 1. The molecule has 36 heavy (non-hydrogen) atoms. The number of aliphatic hydroxyl groups is 1. The van der Waals surface area contributed by atoms with Crippen molar-refractivity contribution in [2.75, 3.05) is 40.4 Å². The van der Waals surface area contributed by atoms with Crippen molar-refractivity contribution in [2.24, 2.45) is 11.8 Å². The van der Waals surface area contributed by atoms with E-state index in [1.807, 2.05) is 18.0 Å². The second-order valence-corrected chi connectivity index (χ2v) is 11.1. The minimum absolute atomic E-state index is 0.0485. The Kier molecular flexibility index (Phi) is 11.5. The monoisotopic (exact) mass is 505 g/mol. The standard InChI is InChI=1S/C29H48FN3O3/c1-22-13-14-24(19-27(22)30)29(35,15-7-8-17-36-3)25-12-9-16-33(21-25)28(34)32-26(20-31-2)18-23-10-5-4-6-11-23/h13-14,19,23,25-26,31,35H,4-12,15-18,20-21H2,1-3H3,(H,32,34)/t25-,26+,29-/m1/s1. The summed E-state index contributed by atoms with van der Waals surface area (Å²) < 4.78 is 19.7. The highest BCUT2D eigenvalue weighted by Gasteiger charge is 2.41. The molecular formula is C29H48FN3O3. The van der Waals surface area contributed by atoms with Crippen LogP contribution in [0.15, 0.2) is 18.2 Å². The van der Waals surface area contributed by atoms with E-state index in [1.165, 1.54) is 38.2 Å². The van der Waals surface area contributed by atoms with Gasteiger partial charge in [-0.2, -0.15) is 0 Å². The van der Waals surface area contributed by atoms with Crippen molar-refractivity contribution in [2.45, 2.75) is 89.2 Å². The first kappa shape index (κ1) is 28.9. The lowest BCUT2D eigenvalue weighted by atomic mass is 9.74. The van der Waals surface area contributed by atoms with Gasteiger partial charge in [-0.1, -0.05) is 44.2 Å².